The fraction of sp³-hybridized carbons (Fsp3) is 0.172. The highest BCUT2D eigenvalue weighted by atomic mass is 32.1. The Labute approximate surface area is 209 Å². The smallest absolute Gasteiger partial charge is 0.341 e. The van der Waals surface area contributed by atoms with Crippen LogP contribution in [0, 0.1) is 6.92 Å². The fourth-order valence-corrected chi connectivity index (χ4v) is 4.88. The van der Waals surface area contributed by atoms with Crippen molar-refractivity contribution in [1.29, 1.82) is 0 Å². The summed E-state index contributed by atoms with van der Waals surface area (Å²) in [4.78, 5) is 26.8. The normalized spacial score (nSPS) is 11.5. The predicted octanol–water partition coefficient (Wildman–Crippen LogP) is 6.97. The van der Waals surface area contributed by atoms with Crippen molar-refractivity contribution in [2.75, 3.05) is 11.9 Å². The summed E-state index contributed by atoms with van der Waals surface area (Å²) in [6.45, 7) is 5.62. The Morgan fingerprint density at radius 1 is 0.857 bits per heavy atom. The third kappa shape index (κ3) is 5.61. The van der Waals surface area contributed by atoms with Gasteiger partial charge in [-0.1, -0.05) is 72.8 Å². The molecule has 0 saturated heterocycles. The Kier molecular flexibility index (Phi) is 7.63. The Balaban J connectivity index is 1.52. The first kappa shape index (κ1) is 24.2. The lowest BCUT2D eigenvalue weighted by atomic mass is 10.0. The fourth-order valence-electron chi connectivity index (χ4n) is 3.81. The number of thiophene rings is 1. The number of nitrogens with one attached hydrogen (secondary N) is 1. The van der Waals surface area contributed by atoms with Crippen molar-refractivity contribution >= 4 is 28.2 Å². The molecular formula is C29H27NO4S. The van der Waals surface area contributed by atoms with Gasteiger partial charge in [-0.15, -0.1) is 11.3 Å². The molecule has 35 heavy (non-hydrogen) atoms. The van der Waals surface area contributed by atoms with Crippen LogP contribution in [0.3, 0.4) is 0 Å². The second-order valence-electron chi connectivity index (χ2n) is 7.96. The van der Waals surface area contributed by atoms with Gasteiger partial charge in [-0.2, -0.15) is 0 Å². The molecule has 1 heterocycles. The topological polar surface area (TPSA) is 64.6 Å². The molecule has 5 nitrogen and oxygen atoms in total. The SMILES string of the molecule is CCOC(=O)c1c(NC(=O)C(C)Oc2ccc(-c3ccccc3)cc2)sc(C)c1-c1ccccc1. The van der Waals surface area contributed by atoms with Crippen molar-refractivity contribution < 1.29 is 19.1 Å². The summed E-state index contributed by atoms with van der Waals surface area (Å²) in [5.41, 5.74) is 4.21. The van der Waals surface area contributed by atoms with E-state index in [0.29, 0.717) is 16.3 Å². The second-order valence-corrected chi connectivity index (χ2v) is 9.19. The molecule has 0 aliphatic carbocycles. The molecule has 0 bridgehead atoms. The molecule has 0 aliphatic rings. The van der Waals surface area contributed by atoms with Crippen LogP contribution < -0.4 is 10.1 Å². The third-order valence-corrected chi connectivity index (χ3v) is 6.53. The van der Waals surface area contributed by atoms with Gasteiger partial charge in [0.05, 0.1) is 6.61 Å². The quantitative estimate of drug-likeness (QED) is 0.274. The molecule has 4 rings (SSSR count). The minimum atomic E-state index is -0.768. The maximum Gasteiger partial charge on any atom is 0.341 e. The highest BCUT2D eigenvalue weighted by molar-refractivity contribution is 7.17. The number of esters is 1. The molecule has 0 fully saturated rings. The summed E-state index contributed by atoms with van der Waals surface area (Å²) in [5, 5.41) is 3.35. The largest absolute Gasteiger partial charge is 0.481 e. The van der Waals surface area contributed by atoms with Gasteiger partial charge in [0.25, 0.3) is 5.91 Å². The monoisotopic (exact) mass is 485 g/mol. The molecule has 1 unspecified atom stereocenters. The zero-order valence-electron chi connectivity index (χ0n) is 19.9. The molecule has 3 aromatic carbocycles. The molecule has 178 valence electrons. The molecule has 1 atom stereocenters. The van der Waals surface area contributed by atoms with Gasteiger partial charge < -0.3 is 14.8 Å². The number of hydrogen-bond donors (Lipinski definition) is 1. The van der Waals surface area contributed by atoms with Crippen LogP contribution in [-0.4, -0.2) is 24.6 Å². The highest BCUT2D eigenvalue weighted by Crippen LogP contribution is 2.40. The Morgan fingerprint density at radius 2 is 1.43 bits per heavy atom. The molecule has 1 N–H and O–H groups in total. The number of amides is 1. The van der Waals surface area contributed by atoms with E-state index in [2.05, 4.69) is 5.32 Å². The first-order chi connectivity index (χ1) is 17.0. The second kappa shape index (κ2) is 11.0. The molecular weight excluding hydrogens is 458 g/mol. The molecule has 1 aromatic heterocycles. The minimum absolute atomic E-state index is 0.244. The number of ether oxygens (including phenoxy) is 2. The Bertz CT molecular complexity index is 1300. The van der Waals surface area contributed by atoms with Gasteiger partial charge in [-0.25, -0.2) is 4.79 Å². The van der Waals surface area contributed by atoms with Crippen molar-refractivity contribution in [2.24, 2.45) is 0 Å². The maximum absolute atomic E-state index is 13.0. The lowest BCUT2D eigenvalue weighted by Gasteiger charge is -2.15. The average molecular weight is 486 g/mol. The van der Waals surface area contributed by atoms with Gasteiger partial charge in [-0.05, 0) is 49.6 Å². The number of carbonyl (C=O) groups excluding carboxylic acids is 2. The molecule has 6 heteroatoms. The molecule has 1 amide bonds. The molecule has 0 aliphatic heterocycles. The molecule has 0 saturated carbocycles. The van der Waals surface area contributed by atoms with Crippen LogP contribution in [0.2, 0.25) is 0 Å². The van der Waals surface area contributed by atoms with Crippen molar-refractivity contribution in [3.63, 3.8) is 0 Å². The number of carbonyl (C=O) groups is 2. The average Bonchev–Trinajstić information content (AvgIpc) is 3.21. The zero-order chi connectivity index (χ0) is 24.8. The van der Waals surface area contributed by atoms with Gasteiger partial charge in [0, 0.05) is 10.4 Å². The molecule has 0 spiro atoms. The molecule has 0 radical (unpaired) electrons. The highest BCUT2D eigenvalue weighted by Gasteiger charge is 2.27. The van der Waals surface area contributed by atoms with Crippen LogP contribution >= 0.6 is 11.3 Å². The summed E-state index contributed by atoms with van der Waals surface area (Å²) in [7, 11) is 0. The third-order valence-electron chi connectivity index (χ3n) is 5.51. The summed E-state index contributed by atoms with van der Waals surface area (Å²) >= 11 is 1.35. The van der Waals surface area contributed by atoms with Crippen molar-refractivity contribution in [3.8, 4) is 28.0 Å². The summed E-state index contributed by atoms with van der Waals surface area (Å²) < 4.78 is 11.2. The first-order valence-electron chi connectivity index (χ1n) is 11.5. The molecule has 4 aromatic rings. The van der Waals surface area contributed by atoms with Crippen LogP contribution in [0.4, 0.5) is 5.00 Å². The van der Waals surface area contributed by atoms with E-state index in [4.69, 9.17) is 9.47 Å². The number of aryl methyl sites for hydroxylation is 1. The first-order valence-corrected chi connectivity index (χ1v) is 12.3. The summed E-state index contributed by atoms with van der Waals surface area (Å²) in [6.07, 6.45) is -0.768. The van der Waals surface area contributed by atoms with E-state index in [1.807, 2.05) is 91.9 Å². The van der Waals surface area contributed by atoms with Gasteiger partial charge in [0.2, 0.25) is 0 Å². The lowest BCUT2D eigenvalue weighted by Crippen LogP contribution is -2.30. The van der Waals surface area contributed by atoms with Crippen molar-refractivity contribution in [3.05, 3.63) is 95.4 Å². The standard InChI is InChI=1S/C29H27NO4S/c1-4-33-29(32)26-25(23-13-9-6-10-14-23)20(3)35-28(26)30-27(31)19(2)34-24-17-15-22(16-18-24)21-11-7-5-8-12-21/h5-19H,4H2,1-3H3,(H,30,31). The van der Waals surface area contributed by atoms with Gasteiger partial charge in [0.1, 0.15) is 16.3 Å². The van der Waals surface area contributed by atoms with Crippen LogP contribution in [0.15, 0.2) is 84.9 Å². The number of rotatable bonds is 8. The van der Waals surface area contributed by atoms with Crippen LogP contribution in [0.25, 0.3) is 22.3 Å². The zero-order valence-corrected chi connectivity index (χ0v) is 20.7. The summed E-state index contributed by atoms with van der Waals surface area (Å²) in [6, 6.07) is 27.3. The van der Waals surface area contributed by atoms with E-state index in [0.717, 1.165) is 27.1 Å². The Morgan fingerprint density at radius 3 is 2.03 bits per heavy atom. The minimum Gasteiger partial charge on any atom is -0.481 e. The van der Waals surface area contributed by atoms with Crippen molar-refractivity contribution in [1.82, 2.24) is 0 Å². The number of anilines is 1. The van der Waals surface area contributed by atoms with E-state index in [1.54, 1.807) is 13.8 Å². The van der Waals surface area contributed by atoms with Crippen molar-refractivity contribution in [2.45, 2.75) is 26.9 Å². The van der Waals surface area contributed by atoms with E-state index >= 15 is 0 Å². The van der Waals surface area contributed by atoms with Gasteiger partial charge >= 0.3 is 5.97 Å². The van der Waals surface area contributed by atoms with Gasteiger partial charge in [0.15, 0.2) is 6.10 Å². The number of benzene rings is 3. The lowest BCUT2D eigenvalue weighted by molar-refractivity contribution is -0.122. The van der Waals surface area contributed by atoms with Crippen LogP contribution in [0.1, 0.15) is 29.1 Å². The maximum atomic E-state index is 13.0. The Hall–Kier alpha value is -3.90. The predicted molar refractivity (Wildman–Crippen MR) is 141 cm³/mol. The van der Waals surface area contributed by atoms with Gasteiger partial charge in [-0.3, -0.25) is 4.79 Å². The number of hydrogen-bond acceptors (Lipinski definition) is 5. The summed E-state index contributed by atoms with van der Waals surface area (Å²) in [5.74, 6) is -0.218. The van der Waals surface area contributed by atoms with Crippen LogP contribution in [-0.2, 0) is 9.53 Å². The van der Waals surface area contributed by atoms with E-state index in [9.17, 15) is 9.59 Å². The van der Waals surface area contributed by atoms with E-state index < -0.39 is 12.1 Å². The van der Waals surface area contributed by atoms with Crippen LogP contribution in [0.5, 0.6) is 5.75 Å². The van der Waals surface area contributed by atoms with E-state index in [1.165, 1.54) is 11.3 Å². The van der Waals surface area contributed by atoms with E-state index in [-0.39, 0.29) is 12.5 Å².